The van der Waals surface area contributed by atoms with Crippen molar-refractivity contribution in [3.63, 3.8) is 0 Å². The Labute approximate surface area is 221 Å². The lowest BCUT2D eigenvalue weighted by Crippen LogP contribution is -2.29. The summed E-state index contributed by atoms with van der Waals surface area (Å²) < 4.78 is 30.9. The molecule has 0 spiro atoms. The third-order valence-corrected chi connectivity index (χ3v) is 7.17. The molecular formula is C28H23FN2O6S. The van der Waals surface area contributed by atoms with Gasteiger partial charge < -0.3 is 19.3 Å². The summed E-state index contributed by atoms with van der Waals surface area (Å²) in [6.07, 6.45) is 0. The summed E-state index contributed by atoms with van der Waals surface area (Å²) >= 11 is 1.06. The monoisotopic (exact) mass is 534 g/mol. The maximum Gasteiger partial charge on any atom is 0.301 e. The van der Waals surface area contributed by atoms with Crippen LogP contribution in [0.1, 0.15) is 24.1 Å². The zero-order valence-electron chi connectivity index (χ0n) is 20.7. The van der Waals surface area contributed by atoms with Gasteiger partial charge in [0, 0.05) is 11.1 Å². The van der Waals surface area contributed by atoms with Crippen LogP contribution in [-0.2, 0) is 9.59 Å². The minimum atomic E-state index is -1.10. The van der Waals surface area contributed by atoms with Crippen LogP contribution in [0.15, 0.2) is 66.2 Å². The van der Waals surface area contributed by atoms with Gasteiger partial charge in [0.2, 0.25) is 0 Å². The van der Waals surface area contributed by atoms with Crippen LogP contribution < -0.4 is 19.1 Å². The van der Waals surface area contributed by atoms with Crippen molar-refractivity contribution < 1.29 is 33.3 Å². The van der Waals surface area contributed by atoms with Gasteiger partial charge in [0.05, 0.1) is 36.6 Å². The van der Waals surface area contributed by atoms with Gasteiger partial charge in [-0.05, 0) is 55.5 Å². The largest absolute Gasteiger partial charge is 0.507 e. The molecule has 1 fully saturated rings. The SMILES string of the molecule is CCOc1ccc(/C(O)=C2\C(=O)C(=O)N(c3nc4ccc(F)cc4s3)[C@@H]2c2cccc(OC)c2OC)cc1. The predicted octanol–water partition coefficient (Wildman–Crippen LogP) is 5.48. The number of hydrogen-bond donors (Lipinski definition) is 1. The number of anilines is 1. The lowest BCUT2D eigenvalue weighted by molar-refractivity contribution is -0.132. The van der Waals surface area contributed by atoms with E-state index in [1.165, 1.54) is 37.3 Å². The third-order valence-electron chi connectivity index (χ3n) is 6.16. The molecule has 5 rings (SSSR count). The van der Waals surface area contributed by atoms with Crippen molar-refractivity contribution in [1.82, 2.24) is 4.98 Å². The number of aliphatic hydroxyl groups excluding tert-OH is 1. The number of rotatable bonds is 7. The van der Waals surface area contributed by atoms with E-state index in [1.54, 1.807) is 42.5 Å². The van der Waals surface area contributed by atoms with E-state index in [2.05, 4.69) is 4.98 Å². The third kappa shape index (κ3) is 4.22. The van der Waals surface area contributed by atoms with E-state index >= 15 is 0 Å². The Kier molecular flexibility index (Phi) is 6.73. The first-order valence-electron chi connectivity index (χ1n) is 11.7. The Bertz CT molecular complexity index is 1580. The highest BCUT2D eigenvalue weighted by Gasteiger charge is 2.49. The van der Waals surface area contributed by atoms with Crippen molar-refractivity contribution in [2.75, 3.05) is 25.7 Å². The molecular weight excluding hydrogens is 511 g/mol. The molecule has 0 saturated carbocycles. The summed E-state index contributed by atoms with van der Waals surface area (Å²) in [7, 11) is 2.92. The van der Waals surface area contributed by atoms with Gasteiger partial charge in [0.15, 0.2) is 16.6 Å². The van der Waals surface area contributed by atoms with Crippen LogP contribution in [0.3, 0.4) is 0 Å². The standard InChI is InChI=1S/C28H23FN2O6S/c1-4-37-17-11-8-15(9-12-17)24(32)22-23(18-6-5-7-20(35-2)26(18)36-3)31(27(34)25(22)33)28-30-19-13-10-16(29)14-21(19)38-28/h5-14,23,32H,4H2,1-3H3/b24-22+/t23-/m1/s1. The summed E-state index contributed by atoms with van der Waals surface area (Å²) in [6, 6.07) is 14.6. The molecule has 38 heavy (non-hydrogen) atoms. The highest BCUT2D eigenvalue weighted by atomic mass is 32.1. The van der Waals surface area contributed by atoms with Gasteiger partial charge in [-0.3, -0.25) is 14.5 Å². The molecule has 1 saturated heterocycles. The van der Waals surface area contributed by atoms with Crippen molar-refractivity contribution >= 4 is 44.1 Å². The first-order valence-corrected chi connectivity index (χ1v) is 12.5. The number of aromatic nitrogens is 1. The average molecular weight is 535 g/mol. The van der Waals surface area contributed by atoms with Gasteiger partial charge in [-0.15, -0.1) is 0 Å². The van der Waals surface area contributed by atoms with E-state index in [0.29, 0.717) is 39.4 Å². The Morgan fingerprint density at radius 3 is 2.53 bits per heavy atom. The number of hydrogen-bond acceptors (Lipinski definition) is 8. The number of aliphatic hydroxyl groups is 1. The van der Waals surface area contributed by atoms with Crippen LogP contribution in [0.5, 0.6) is 17.2 Å². The Morgan fingerprint density at radius 1 is 1.08 bits per heavy atom. The van der Waals surface area contributed by atoms with Crippen molar-refractivity contribution in [2.45, 2.75) is 13.0 Å². The number of ether oxygens (including phenoxy) is 3. The maximum atomic E-state index is 13.9. The second-order valence-electron chi connectivity index (χ2n) is 8.32. The molecule has 1 amide bonds. The fraction of sp³-hybridized carbons (Fsp3) is 0.179. The lowest BCUT2D eigenvalue weighted by Gasteiger charge is -2.25. The number of para-hydroxylation sites is 1. The van der Waals surface area contributed by atoms with E-state index in [1.807, 2.05) is 6.92 Å². The van der Waals surface area contributed by atoms with Crippen LogP contribution in [-0.4, -0.2) is 42.6 Å². The van der Waals surface area contributed by atoms with Gasteiger partial charge in [-0.2, -0.15) is 0 Å². The number of Topliss-reactive ketones (excluding diaryl/α,β-unsaturated/α-hetero) is 1. The number of ketones is 1. The fourth-order valence-corrected chi connectivity index (χ4v) is 5.49. The summed E-state index contributed by atoms with van der Waals surface area (Å²) in [5.41, 5.74) is 1.06. The van der Waals surface area contributed by atoms with E-state index in [-0.39, 0.29) is 22.2 Å². The number of nitrogens with zero attached hydrogens (tertiary/aromatic N) is 2. The molecule has 4 aromatic rings. The maximum absolute atomic E-state index is 13.9. The number of amides is 1. The zero-order valence-corrected chi connectivity index (χ0v) is 21.5. The predicted molar refractivity (Wildman–Crippen MR) is 142 cm³/mol. The molecule has 1 aliphatic rings. The Balaban J connectivity index is 1.74. The number of fused-ring (bicyclic) bond motifs is 1. The first-order chi connectivity index (χ1) is 18.4. The van der Waals surface area contributed by atoms with E-state index in [4.69, 9.17) is 14.2 Å². The molecule has 0 unspecified atom stereocenters. The molecule has 194 valence electrons. The zero-order chi connectivity index (χ0) is 27.0. The first kappa shape index (κ1) is 25.2. The quantitative estimate of drug-likeness (QED) is 0.191. The normalized spacial score (nSPS) is 16.7. The minimum absolute atomic E-state index is 0.142. The van der Waals surface area contributed by atoms with Crippen molar-refractivity contribution in [3.8, 4) is 17.2 Å². The van der Waals surface area contributed by atoms with Gasteiger partial charge in [-0.1, -0.05) is 23.5 Å². The van der Waals surface area contributed by atoms with Crippen LogP contribution in [0.2, 0.25) is 0 Å². The molecule has 8 nitrogen and oxygen atoms in total. The van der Waals surface area contributed by atoms with Crippen LogP contribution >= 0.6 is 11.3 Å². The van der Waals surface area contributed by atoms with E-state index in [9.17, 15) is 19.1 Å². The highest BCUT2D eigenvalue weighted by molar-refractivity contribution is 7.22. The molecule has 2 heterocycles. The van der Waals surface area contributed by atoms with Gasteiger partial charge in [0.25, 0.3) is 5.78 Å². The van der Waals surface area contributed by atoms with Crippen molar-refractivity contribution in [1.29, 1.82) is 0 Å². The highest BCUT2D eigenvalue weighted by Crippen LogP contribution is 2.48. The minimum Gasteiger partial charge on any atom is -0.507 e. The second-order valence-corrected chi connectivity index (χ2v) is 9.33. The molecule has 10 heteroatoms. The van der Waals surface area contributed by atoms with Crippen LogP contribution in [0, 0.1) is 5.82 Å². The average Bonchev–Trinajstić information content (AvgIpc) is 3.45. The Hall–Kier alpha value is -4.44. The second kappa shape index (κ2) is 10.1. The van der Waals surface area contributed by atoms with Gasteiger partial charge in [-0.25, -0.2) is 9.37 Å². The van der Waals surface area contributed by atoms with E-state index < -0.39 is 23.5 Å². The number of halogens is 1. The molecule has 1 atom stereocenters. The van der Waals surface area contributed by atoms with E-state index in [0.717, 1.165) is 11.3 Å². The number of carbonyl (C=O) groups excluding carboxylic acids is 2. The number of benzene rings is 3. The smallest absolute Gasteiger partial charge is 0.301 e. The molecule has 3 aromatic carbocycles. The Morgan fingerprint density at radius 2 is 1.84 bits per heavy atom. The van der Waals surface area contributed by atoms with Crippen molar-refractivity contribution in [3.05, 3.63) is 83.2 Å². The topological polar surface area (TPSA) is 98.2 Å². The van der Waals surface area contributed by atoms with Crippen LogP contribution in [0.4, 0.5) is 9.52 Å². The molecule has 0 aliphatic carbocycles. The van der Waals surface area contributed by atoms with Crippen molar-refractivity contribution in [2.24, 2.45) is 0 Å². The van der Waals surface area contributed by atoms with Gasteiger partial charge in [0.1, 0.15) is 23.4 Å². The fourth-order valence-electron chi connectivity index (χ4n) is 4.47. The van der Waals surface area contributed by atoms with Gasteiger partial charge >= 0.3 is 5.91 Å². The number of carbonyl (C=O) groups is 2. The molecule has 0 radical (unpaired) electrons. The van der Waals surface area contributed by atoms with Crippen LogP contribution in [0.25, 0.3) is 16.0 Å². The molecule has 0 bridgehead atoms. The summed E-state index contributed by atoms with van der Waals surface area (Å²) in [4.78, 5) is 32.7. The number of thiazole rings is 1. The molecule has 1 aromatic heterocycles. The molecule has 1 aliphatic heterocycles. The lowest BCUT2D eigenvalue weighted by atomic mass is 9.94. The molecule has 1 N–H and O–H groups in total. The summed E-state index contributed by atoms with van der Waals surface area (Å²) in [5, 5.41) is 11.6. The summed E-state index contributed by atoms with van der Waals surface area (Å²) in [6.45, 7) is 2.32. The number of methoxy groups -OCH3 is 2. The summed E-state index contributed by atoms with van der Waals surface area (Å²) in [5.74, 6) is -1.33.